The van der Waals surface area contributed by atoms with E-state index in [-0.39, 0.29) is 30.6 Å². The van der Waals surface area contributed by atoms with Gasteiger partial charge in [-0.1, -0.05) is 0 Å². The lowest BCUT2D eigenvalue weighted by molar-refractivity contribution is -0.183. The summed E-state index contributed by atoms with van der Waals surface area (Å²) in [5.41, 5.74) is 0.802. The molecular weight excluding hydrogens is 415 g/mol. The van der Waals surface area contributed by atoms with Gasteiger partial charge in [-0.15, -0.1) is 5.10 Å². The smallest absolute Gasteiger partial charge is 0.337 e. The van der Waals surface area contributed by atoms with Crippen LogP contribution < -0.4 is 10.2 Å². The van der Waals surface area contributed by atoms with Crippen molar-refractivity contribution < 1.29 is 22.8 Å². The lowest BCUT2D eigenvalue weighted by atomic mass is 9.86. The fraction of sp³-hybridized carbons (Fsp3) is 0.632. The van der Waals surface area contributed by atoms with Gasteiger partial charge < -0.3 is 5.32 Å². The lowest BCUT2D eigenvalue weighted by Gasteiger charge is -2.29. The quantitative estimate of drug-likeness (QED) is 0.791. The lowest BCUT2D eigenvalue weighted by Crippen LogP contribution is -2.47. The van der Waals surface area contributed by atoms with Crippen LogP contribution in [0.3, 0.4) is 0 Å². The van der Waals surface area contributed by atoms with Crippen LogP contribution >= 0.6 is 0 Å². The summed E-state index contributed by atoms with van der Waals surface area (Å²) in [5, 5.41) is 11.2. The summed E-state index contributed by atoms with van der Waals surface area (Å²) < 4.78 is 41.7. The number of anilines is 1. The second-order valence-corrected chi connectivity index (χ2v) is 8.17. The van der Waals surface area contributed by atoms with E-state index in [2.05, 4.69) is 20.5 Å². The molecule has 0 saturated heterocycles. The number of rotatable bonds is 3. The summed E-state index contributed by atoms with van der Waals surface area (Å²) in [6.07, 6.45) is -1.72. The van der Waals surface area contributed by atoms with Crippen LogP contribution in [-0.4, -0.2) is 55.6 Å². The number of carbonyl (C=O) groups is 2. The molecule has 1 fully saturated rings. The molecule has 1 aliphatic carbocycles. The third-order valence-electron chi connectivity index (χ3n) is 6.03. The van der Waals surface area contributed by atoms with E-state index in [1.165, 1.54) is 15.9 Å². The minimum atomic E-state index is -4.17. The number of amides is 2. The van der Waals surface area contributed by atoms with Crippen molar-refractivity contribution >= 4 is 17.6 Å². The molecule has 1 saturated carbocycles. The maximum Gasteiger partial charge on any atom is 0.391 e. The highest BCUT2D eigenvalue weighted by Crippen LogP contribution is 2.40. The van der Waals surface area contributed by atoms with E-state index in [0.717, 1.165) is 5.69 Å². The Morgan fingerprint density at radius 3 is 2.55 bits per heavy atom. The predicted octanol–water partition coefficient (Wildman–Crippen LogP) is 2.24. The SMILES string of the molecule is Cc1cc2n(n1)CC[C@H](NC(=O)c1ncn(C3CCC(C(F)(F)F)CC3)n1)C(=O)N2C. The van der Waals surface area contributed by atoms with E-state index in [4.69, 9.17) is 0 Å². The van der Waals surface area contributed by atoms with Crippen molar-refractivity contribution in [2.24, 2.45) is 5.92 Å². The van der Waals surface area contributed by atoms with Crippen molar-refractivity contribution in [2.75, 3.05) is 11.9 Å². The van der Waals surface area contributed by atoms with Gasteiger partial charge in [-0.05, 0) is 39.0 Å². The molecule has 2 aromatic rings. The first-order chi connectivity index (χ1) is 14.6. The van der Waals surface area contributed by atoms with Gasteiger partial charge in [-0.2, -0.15) is 18.3 Å². The molecule has 1 N–H and O–H groups in total. The van der Waals surface area contributed by atoms with Crippen LogP contribution in [0.5, 0.6) is 0 Å². The highest BCUT2D eigenvalue weighted by Gasteiger charge is 2.42. The summed E-state index contributed by atoms with van der Waals surface area (Å²) in [7, 11) is 1.63. The fourth-order valence-corrected chi connectivity index (χ4v) is 4.27. The highest BCUT2D eigenvalue weighted by molar-refractivity contribution is 6.00. The number of aryl methyl sites for hydroxylation is 2. The summed E-state index contributed by atoms with van der Waals surface area (Å²) in [4.78, 5) is 30.9. The van der Waals surface area contributed by atoms with Crippen LogP contribution in [0.4, 0.5) is 19.0 Å². The van der Waals surface area contributed by atoms with E-state index in [9.17, 15) is 22.8 Å². The van der Waals surface area contributed by atoms with Crippen molar-refractivity contribution in [3.63, 3.8) is 0 Å². The minimum Gasteiger partial charge on any atom is -0.337 e. The number of hydrogen-bond donors (Lipinski definition) is 1. The number of nitrogens with zero attached hydrogens (tertiary/aromatic N) is 6. The van der Waals surface area contributed by atoms with Crippen LogP contribution in [0, 0.1) is 12.8 Å². The molecular formula is C19H24F3N7O2. The van der Waals surface area contributed by atoms with Gasteiger partial charge in [0.05, 0.1) is 17.7 Å². The van der Waals surface area contributed by atoms with Crippen LogP contribution in [-0.2, 0) is 11.3 Å². The molecule has 2 amide bonds. The Balaban J connectivity index is 1.38. The molecule has 1 aliphatic heterocycles. The molecule has 0 spiro atoms. The van der Waals surface area contributed by atoms with Gasteiger partial charge in [0.25, 0.3) is 11.8 Å². The highest BCUT2D eigenvalue weighted by atomic mass is 19.4. The summed E-state index contributed by atoms with van der Waals surface area (Å²) in [6, 6.07) is 0.825. The van der Waals surface area contributed by atoms with Gasteiger partial charge in [0.1, 0.15) is 18.2 Å². The molecule has 9 nitrogen and oxygen atoms in total. The molecule has 0 aromatic carbocycles. The average molecular weight is 439 g/mol. The Labute approximate surface area is 176 Å². The molecule has 31 heavy (non-hydrogen) atoms. The largest absolute Gasteiger partial charge is 0.391 e. The van der Waals surface area contributed by atoms with Crippen molar-refractivity contribution in [3.8, 4) is 0 Å². The van der Waals surface area contributed by atoms with E-state index in [1.54, 1.807) is 17.8 Å². The number of alkyl halides is 3. The summed E-state index contributed by atoms with van der Waals surface area (Å²) >= 11 is 0. The monoisotopic (exact) mass is 439 g/mol. The number of hydrogen-bond acceptors (Lipinski definition) is 5. The van der Waals surface area contributed by atoms with Gasteiger partial charge in [0.15, 0.2) is 0 Å². The normalized spacial score (nSPS) is 24.6. The van der Waals surface area contributed by atoms with E-state index < -0.39 is 24.0 Å². The van der Waals surface area contributed by atoms with Crippen molar-refractivity contribution in [1.29, 1.82) is 0 Å². The summed E-state index contributed by atoms with van der Waals surface area (Å²) in [5.74, 6) is -1.59. The third kappa shape index (κ3) is 4.28. The Morgan fingerprint density at radius 2 is 1.87 bits per heavy atom. The molecule has 4 rings (SSSR count). The zero-order valence-corrected chi connectivity index (χ0v) is 17.3. The molecule has 2 aliphatic rings. The van der Waals surface area contributed by atoms with E-state index in [1.807, 2.05) is 6.92 Å². The second-order valence-electron chi connectivity index (χ2n) is 8.17. The minimum absolute atomic E-state index is 0.0345. The number of aromatic nitrogens is 5. The van der Waals surface area contributed by atoms with Gasteiger partial charge in [-0.3, -0.25) is 14.5 Å². The van der Waals surface area contributed by atoms with Crippen LogP contribution in [0.2, 0.25) is 0 Å². The van der Waals surface area contributed by atoms with Crippen LogP contribution in [0.25, 0.3) is 0 Å². The Hall–Kier alpha value is -2.92. The third-order valence-corrected chi connectivity index (χ3v) is 6.03. The Bertz CT molecular complexity index is 976. The molecule has 12 heteroatoms. The number of nitrogens with one attached hydrogen (secondary N) is 1. The molecule has 3 heterocycles. The summed E-state index contributed by atoms with van der Waals surface area (Å²) in [6.45, 7) is 2.31. The maximum atomic E-state index is 12.9. The van der Waals surface area contributed by atoms with Crippen molar-refractivity contribution in [2.45, 2.75) is 63.8 Å². The van der Waals surface area contributed by atoms with Gasteiger partial charge in [-0.25, -0.2) is 14.3 Å². The Morgan fingerprint density at radius 1 is 1.16 bits per heavy atom. The number of likely N-dealkylation sites (N-methyl/N-ethyl adjacent to an activating group) is 1. The first kappa shape index (κ1) is 21.3. The Kier molecular flexibility index (Phi) is 5.48. The van der Waals surface area contributed by atoms with Gasteiger partial charge in [0.2, 0.25) is 5.82 Å². The van der Waals surface area contributed by atoms with Crippen molar-refractivity contribution in [1.82, 2.24) is 29.9 Å². The van der Waals surface area contributed by atoms with Gasteiger partial charge >= 0.3 is 6.18 Å². The first-order valence-electron chi connectivity index (χ1n) is 10.2. The molecule has 0 bridgehead atoms. The number of halogens is 3. The zero-order chi connectivity index (χ0) is 22.3. The predicted molar refractivity (Wildman–Crippen MR) is 103 cm³/mol. The standard InChI is InChI=1S/C19H24F3N7O2/c1-11-9-15-27(2)18(31)14(7-8-28(15)25-11)24-17(30)16-23-10-29(26-16)13-5-3-12(4-6-13)19(20,21)22/h9-10,12-14H,3-8H2,1-2H3,(H,24,30)/t12?,13?,14-/m0/s1. The zero-order valence-electron chi connectivity index (χ0n) is 17.3. The second kappa shape index (κ2) is 7.97. The molecule has 2 aromatic heterocycles. The average Bonchev–Trinajstić information content (AvgIpc) is 3.34. The van der Waals surface area contributed by atoms with E-state index >= 15 is 0 Å². The molecule has 0 radical (unpaired) electrons. The molecule has 0 unspecified atom stereocenters. The van der Waals surface area contributed by atoms with Crippen molar-refractivity contribution in [3.05, 3.63) is 23.9 Å². The van der Waals surface area contributed by atoms with Crippen LogP contribution in [0.1, 0.15) is 54.5 Å². The van der Waals surface area contributed by atoms with Crippen LogP contribution in [0.15, 0.2) is 12.4 Å². The topological polar surface area (TPSA) is 97.9 Å². The fourth-order valence-electron chi connectivity index (χ4n) is 4.27. The van der Waals surface area contributed by atoms with Gasteiger partial charge in [0, 0.05) is 19.7 Å². The maximum absolute atomic E-state index is 12.9. The number of carbonyl (C=O) groups excluding carboxylic acids is 2. The molecule has 168 valence electrons. The van der Waals surface area contributed by atoms with E-state index in [0.29, 0.717) is 31.6 Å². The molecule has 1 atom stereocenters. The first-order valence-corrected chi connectivity index (χ1v) is 10.2. The number of fused-ring (bicyclic) bond motifs is 1.